The van der Waals surface area contributed by atoms with E-state index in [9.17, 15) is 0 Å². The van der Waals surface area contributed by atoms with Crippen LogP contribution in [0, 0.1) is 5.92 Å². The van der Waals surface area contributed by atoms with Crippen molar-refractivity contribution in [3.8, 4) is 0 Å². The lowest BCUT2D eigenvalue weighted by Crippen LogP contribution is -2.32. The van der Waals surface area contributed by atoms with E-state index in [0.29, 0.717) is 12.1 Å². The molecule has 1 nitrogen and oxygen atoms in total. The Hall–Kier alpha value is -0.820. The molecule has 1 aromatic carbocycles. The quantitative estimate of drug-likeness (QED) is 0.685. The molecule has 0 aromatic heterocycles. The lowest BCUT2D eigenvalue weighted by molar-refractivity contribution is 0.359. The molecule has 108 valence electrons. The molecule has 1 heteroatoms. The van der Waals surface area contributed by atoms with Crippen molar-refractivity contribution in [2.24, 2.45) is 5.92 Å². The third-order valence-corrected chi connectivity index (χ3v) is 4.25. The first-order valence-electron chi connectivity index (χ1n) is 7.95. The molecule has 0 heterocycles. The maximum atomic E-state index is 3.79. The van der Waals surface area contributed by atoms with Crippen LogP contribution in [0.25, 0.3) is 0 Å². The summed E-state index contributed by atoms with van der Waals surface area (Å²) in [5.41, 5.74) is 2.82. The van der Waals surface area contributed by atoms with Crippen molar-refractivity contribution < 1.29 is 0 Å². The largest absolute Gasteiger partial charge is 0.307 e. The van der Waals surface area contributed by atoms with Crippen LogP contribution >= 0.6 is 0 Å². The zero-order valence-corrected chi connectivity index (χ0v) is 13.4. The van der Waals surface area contributed by atoms with Gasteiger partial charge in [-0.2, -0.15) is 0 Å². The minimum atomic E-state index is 0.444. The van der Waals surface area contributed by atoms with Crippen LogP contribution in [0.5, 0.6) is 0 Å². The lowest BCUT2D eigenvalue weighted by atomic mass is 9.96. The van der Waals surface area contributed by atoms with Crippen molar-refractivity contribution >= 4 is 0 Å². The zero-order valence-electron chi connectivity index (χ0n) is 13.4. The van der Waals surface area contributed by atoms with Gasteiger partial charge in [-0.05, 0) is 43.2 Å². The molecule has 0 fully saturated rings. The van der Waals surface area contributed by atoms with Crippen molar-refractivity contribution in [3.05, 3.63) is 35.4 Å². The molecule has 1 N–H and O–H groups in total. The Kier molecular flexibility index (Phi) is 7.15. The summed E-state index contributed by atoms with van der Waals surface area (Å²) < 4.78 is 0. The fourth-order valence-corrected chi connectivity index (χ4v) is 2.50. The van der Waals surface area contributed by atoms with Crippen LogP contribution < -0.4 is 5.32 Å². The van der Waals surface area contributed by atoms with Gasteiger partial charge in [0.05, 0.1) is 0 Å². The second-order valence-electron chi connectivity index (χ2n) is 5.84. The fourth-order valence-electron chi connectivity index (χ4n) is 2.50. The van der Waals surface area contributed by atoms with Crippen LogP contribution in [0.2, 0.25) is 0 Å². The Bertz CT molecular complexity index is 341. The first kappa shape index (κ1) is 16.2. The minimum absolute atomic E-state index is 0.444. The Morgan fingerprint density at radius 2 is 1.58 bits per heavy atom. The molecule has 0 bridgehead atoms. The molecule has 1 aromatic rings. The van der Waals surface area contributed by atoms with Crippen LogP contribution in [0.3, 0.4) is 0 Å². The van der Waals surface area contributed by atoms with E-state index in [1.165, 1.54) is 30.4 Å². The highest BCUT2D eigenvalue weighted by Gasteiger charge is 2.14. The highest BCUT2D eigenvalue weighted by Crippen LogP contribution is 2.18. The van der Waals surface area contributed by atoms with Gasteiger partial charge in [0.25, 0.3) is 0 Å². The monoisotopic (exact) mass is 261 g/mol. The average Bonchev–Trinajstić information content (AvgIpc) is 2.46. The van der Waals surface area contributed by atoms with Gasteiger partial charge in [0.15, 0.2) is 0 Å². The van der Waals surface area contributed by atoms with E-state index in [0.717, 1.165) is 12.3 Å². The van der Waals surface area contributed by atoms with Crippen molar-refractivity contribution in [1.29, 1.82) is 0 Å². The summed E-state index contributed by atoms with van der Waals surface area (Å²) in [4.78, 5) is 0. The van der Waals surface area contributed by atoms with E-state index in [1.54, 1.807) is 0 Å². The van der Waals surface area contributed by atoms with Gasteiger partial charge in [0.2, 0.25) is 0 Å². The zero-order chi connectivity index (χ0) is 14.3. The summed E-state index contributed by atoms with van der Waals surface area (Å²) in [5, 5.41) is 3.79. The molecule has 0 spiro atoms. The number of hydrogen-bond acceptors (Lipinski definition) is 1. The third-order valence-electron chi connectivity index (χ3n) is 4.25. The van der Waals surface area contributed by atoms with Crippen LogP contribution in [0.15, 0.2) is 24.3 Å². The van der Waals surface area contributed by atoms with Gasteiger partial charge in [-0.25, -0.2) is 0 Å². The van der Waals surface area contributed by atoms with Crippen LogP contribution in [-0.4, -0.2) is 6.04 Å². The highest BCUT2D eigenvalue weighted by molar-refractivity contribution is 5.24. The predicted octanol–water partition coefficient (Wildman–Crippen LogP) is 5.11. The molecule has 0 saturated carbocycles. The summed E-state index contributed by atoms with van der Waals surface area (Å²) in [5.74, 6) is 0.812. The van der Waals surface area contributed by atoms with Gasteiger partial charge in [0.1, 0.15) is 0 Å². The molecular formula is C18H31N. The first-order valence-corrected chi connectivity index (χ1v) is 7.95. The minimum Gasteiger partial charge on any atom is -0.307 e. The van der Waals surface area contributed by atoms with Crippen molar-refractivity contribution in [2.45, 2.75) is 72.4 Å². The molecule has 0 radical (unpaired) electrons. The van der Waals surface area contributed by atoms with Gasteiger partial charge in [-0.15, -0.1) is 0 Å². The number of nitrogens with one attached hydrogen (secondary N) is 1. The number of benzene rings is 1. The highest BCUT2D eigenvalue weighted by atomic mass is 14.9. The average molecular weight is 261 g/mol. The first-order chi connectivity index (χ1) is 9.10. The Labute approximate surface area is 119 Å². The predicted molar refractivity (Wildman–Crippen MR) is 85.5 cm³/mol. The van der Waals surface area contributed by atoms with Gasteiger partial charge in [-0.3, -0.25) is 0 Å². The van der Waals surface area contributed by atoms with Gasteiger partial charge < -0.3 is 5.32 Å². The van der Waals surface area contributed by atoms with E-state index in [4.69, 9.17) is 0 Å². The van der Waals surface area contributed by atoms with E-state index in [-0.39, 0.29) is 0 Å². The second-order valence-corrected chi connectivity index (χ2v) is 5.84. The molecule has 0 aliphatic rings. The maximum absolute atomic E-state index is 3.79. The molecule has 19 heavy (non-hydrogen) atoms. The number of aryl methyl sites for hydroxylation is 1. The molecule has 0 aliphatic carbocycles. The smallest absolute Gasteiger partial charge is 0.0294 e. The summed E-state index contributed by atoms with van der Waals surface area (Å²) in [6, 6.07) is 10.1. The van der Waals surface area contributed by atoms with Crippen molar-refractivity contribution in [1.82, 2.24) is 5.32 Å². The van der Waals surface area contributed by atoms with E-state index in [1.807, 2.05) is 0 Å². The number of rotatable bonds is 8. The summed E-state index contributed by atoms with van der Waals surface area (Å²) in [7, 11) is 0. The Balaban J connectivity index is 2.57. The van der Waals surface area contributed by atoms with Gasteiger partial charge in [-0.1, -0.05) is 58.4 Å². The van der Waals surface area contributed by atoms with Gasteiger partial charge >= 0.3 is 0 Å². The SMILES string of the molecule is CCc1ccc(C(C)NC(CC)CC(C)CC)cc1. The fraction of sp³-hybridized carbons (Fsp3) is 0.667. The standard InChI is InChI=1S/C18H31N/c1-6-14(4)13-18(8-3)19-15(5)17-11-9-16(7-2)10-12-17/h9-12,14-15,18-19H,6-8,13H2,1-5H3. The maximum Gasteiger partial charge on any atom is 0.0294 e. The summed E-state index contributed by atoms with van der Waals surface area (Å²) in [6.07, 6.45) is 4.89. The molecule has 1 rings (SSSR count). The number of hydrogen-bond donors (Lipinski definition) is 1. The Morgan fingerprint density at radius 3 is 2.05 bits per heavy atom. The van der Waals surface area contributed by atoms with E-state index >= 15 is 0 Å². The normalized spacial score (nSPS) is 16.1. The Morgan fingerprint density at radius 1 is 0.947 bits per heavy atom. The van der Waals surface area contributed by atoms with Crippen molar-refractivity contribution in [2.75, 3.05) is 0 Å². The molecular weight excluding hydrogens is 230 g/mol. The van der Waals surface area contributed by atoms with Crippen LogP contribution in [0.4, 0.5) is 0 Å². The topological polar surface area (TPSA) is 12.0 Å². The molecule has 0 aliphatic heterocycles. The van der Waals surface area contributed by atoms with E-state index in [2.05, 4.69) is 64.2 Å². The van der Waals surface area contributed by atoms with Gasteiger partial charge in [0, 0.05) is 12.1 Å². The third kappa shape index (κ3) is 5.36. The van der Waals surface area contributed by atoms with Crippen molar-refractivity contribution in [3.63, 3.8) is 0 Å². The molecule has 3 unspecified atom stereocenters. The molecule has 3 atom stereocenters. The molecule has 0 amide bonds. The summed E-state index contributed by atoms with van der Waals surface area (Å²) >= 11 is 0. The van der Waals surface area contributed by atoms with E-state index < -0.39 is 0 Å². The second kappa shape index (κ2) is 8.37. The molecule has 0 saturated heterocycles. The van der Waals surface area contributed by atoms with Crippen LogP contribution in [0.1, 0.15) is 71.0 Å². The van der Waals surface area contributed by atoms with Crippen LogP contribution in [-0.2, 0) is 6.42 Å². The lowest BCUT2D eigenvalue weighted by Gasteiger charge is -2.25. The summed E-state index contributed by atoms with van der Waals surface area (Å²) in [6.45, 7) is 11.4.